The molecule has 0 aliphatic carbocycles. The summed E-state index contributed by atoms with van der Waals surface area (Å²) in [6, 6.07) is 2.91. The van der Waals surface area contributed by atoms with Crippen molar-refractivity contribution in [3.8, 4) is 0 Å². The number of rotatable bonds is 1. The van der Waals surface area contributed by atoms with Gasteiger partial charge in [-0.3, -0.25) is 0 Å². The van der Waals surface area contributed by atoms with Crippen molar-refractivity contribution >= 4 is 27.7 Å². The largest absolute Gasteiger partial charge is 0.387 e. The highest BCUT2D eigenvalue weighted by atomic mass is 79.9. The van der Waals surface area contributed by atoms with Crippen LogP contribution in [0, 0.1) is 5.82 Å². The van der Waals surface area contributed by atoms with Crippen molar-refractivity contribution in [2.45, 2.75) is 30.5 Å². The third-order valence-corrected chi connectivity index (χ3v) is 4.89. The molecule has 1 aromatic rings. The van der Waals surface area contributed by atoms with Gasteiger partial charge in [-0.25, -0.2) is 4.39 Å². The number of aliphatic hydroxyl groups is 1. The SMILES string of the molecule is CCC1SCc2c(Br)cc(F)cc2C1O. The Morgan fingerprint density at radius 2 is 2.33 bits per heavy atom. The molecule has 0 fully saturated rings. The van der Waals surface area contributed by atoms with E-state index in [2.05, 4.69) is 15.9 Å². The first-order valence-corrected chi connectivity index (χ1v) is 6.75. The molecule has 0 spiro atoms. The molecule has 1 aliphatic rings. The van der Waals surface area contributed by atoms with E-state index < -0.39 is 6.10 Å². The first kappa shape index (κ1) is 11.4. The maximum Gasteiger partial charge on any atom is 0.124 e. The van der Waals surface area contributed by atoms with E-state index in [-0.39, 0.29) is 11.1 Å². The molecule has 2 rings (SSSR count). The molecule has 0 saturated carbocycles. The Kier molecular flexibility index (Phi) is 3.38. The Bertz CT molecular complexity index is 383. The van der Waals surface area contributed by atoms with Gasteiger partial charge in [0.2, 0.25) is 0 Å². The van der Waals surface area contributed by atoms with Crippen LogP contribution < -0.4 is 0 Å². The number of hydrogen-bond acceptors (Lipinski definition) is 2. The van der Waals surface area contributed by atoms with Gasteiger partial charge in [0.15, 0.2) is 0 Å². The maximum absolute atomic E-state index is 13.2. The number of fused-ring (bicyclic) bond motifs is 1. The summed E-state index contributed by atoms with van der Waals surface area (Å²) < 4.78 is 14.0. The van der Waals surface area contributed by atoms with E-state index in [1.807, 2.05) is 6.92 Å². The number of thioether (sulfide) groups is 1. The number of benzene rings is 1. The normalized spacial score (nSPS) is 25.1. The molecule has 2 unspecified atom stereocenters. The second-order valence-electron chi connectivity index (χ2n) is 3.66. The van der Waals surface area contributed by atoms with Crippen molar-refractivity contribution in [1.29, 1.82) is 0 Å². The van der Waals surface area contributed by atoms with Gasteiger partial charge >= 0.3 is 0 Å². The number of hydrogen-bond donors (Lipinski definition) is 1. The van der Waals surface area contributed by atoms with Crippen LogP contribution >= 0.6 is 27.7 Å². The molecular formula is C11H12BrFOS. The van der Waals surface area contributed by atoms with Gasteiger partial charge in [-0.15, -0.1) is 0 Å². The Morgan fingerprint density at radius 3 is 3.00 bits per heavy atom. The zero-order valence-corrected chi connectivity index (χ0v) is 10.7. The first-order chi connectivity index (χ1) is 7.13. The molecule has 1 heterocycles. The van der Waals surface area contributed by atoms with Crippen LogP contribution in [0.15, 0.2) is 16.6 Å². The monoisotopic (exact) mass is 290 g/mol. The molecule has 82 valence electrons. The Balaban J connectivity index is 2.46. The van der Waals surface area contributed by atoms with Crippen LogP contribution in [-0.2, 0) is 5.75 Å². The predicted octanol–water partition coefficient (Wildman–Crippen LogP) is 3.65. The van der Waals surface area contributed by atoms with Crippen molar-refractivity contribution in [2.24, 2.45) is 0 Å². The van der Waals surface area contributed by atoms with Gasteiger partial charge in [0.1, 0.15) is 5.82 Å². The fraction of sp³-hybridized carbons (Fsp3) is 0.455. The van der Waals surface area contributed by atoms with Gasteiger partial charge in [-0.2, -0.15) is 11.8 Å². The van der Waals surface area contributed by atoms with E-state index in [4.69, 9.17) is 0 Å². The fourth-order valence-corrected chi connectivity index (χ4v) is 3.90. The molecule has 2 atom stereocenters. The summed E-state index contributed by atoms with van der Waals surface area (Å²) in [5.74, 6) is 0.549. The van der Waals surface area contributed by atoms with Crippen LogP contribution in [0.1, 0.15) is 30.6 Å². The van der Waals surface area contributed by atoms with Gasteiger partial charge < -0.3 is 5.11 Å². The summed E-state index contributed by atoms with van der Waals surface area (Å²) in [5.41, 5.74) is 1.77. The Morgan fingerprint density at radius 1 is 1.60 bits per heavy atom. The summed E-state index contributed by atoms with van der Waals surface area (Å²) in [4.78, 5) is 0. The van der Waals surface area contributed by atoms with E-state index >= 15 is 0 Å². The number of halogens is 2. The molecule has 1 aliphatic heterocycles. The Hall–Kier alpha value is -0.0600. The molecule has 0 amide bonds. The van der Waals surface area contributed by atoms with E-state index in [9.17, 15) is 9.50 Å². The average molecular weight is 291 g/mol. The summed E-state index contributed by atoms with van der Waals surface area (Å²) >= 11 is 5.07. The van der Waals surface area contributed by atoms with Crippen molar-refractivity contribution in [3.05, 3.63) is 33.5 Å². The van der Waals surface area contributed by atoms with Gasteiger partial charge in [0, 0.05) is 15.5 Å². The molecule has 0 bridgehead atoms. The van der Waals surface area contributed by atoms with Crippen LogP contribution in [-0.4, -0.2) is 10.4 Å². The van der Waals surface area contributed by atoms with Gasteiger partial charge in [-0.05, 0) is 29.7 Å². The lowest BCUT2D eigenvalue weighted by Gasteiger charge is -2.29. The second-order valence-corrected chi connectivity index (χ2v) is 5.74. The predicted molar refractivity (Wildman–Crippen MR) is 64.4 cm³/mol. The number of aliphatic hydroxyl groups excluding tert-OH is 1. The molecule has 1 N–H and O–H groups in total. The van der Waals surface area contributed by atoms with Crippen molar-refractivity contribution in [1.82, 2.24) is 0 Å². The minimum absolute atomic E-state index is 0.186. The molecule has 1 aromatic carbocycles. The van der Waals surface area contributed by atoms with Gasteiger partial charge in [-0.1, -0.05) is 22.9 Å². The molecule has 15 heavy (non-hydrogen) atoms. The highest BCUT2D eigenvalue weighted by Gasteiger charge is 2.28. The van der Waals surface area contributed by atoms with E-state index in [1.165, 1.54) is 12.1 Å². The molecule has 0 radical (unpaired) electrons. The lowest BCUT2D eigenvalue weighted by molar-refractivity contribution is 0.169. The second kappa shape index (κ2) is 4.44. The van der Waals surface area contributed by atoms with E-state index in [0.717, 1.165) is 27.8 Å². The smallest absolute Gasteiger partial charge is 0.124 e. The fourth-order valence-electron chi connectivity index (χ4n) is 1.86. The first-order valence-electron chi connectivity index (χ1n) is 4.91. The quantitative estimate of drug-likeness (QED) is 0.852. The topological polar surface area (TPSA) is 20.2 Å². The van der Waals surface area contributed by atoms with Crippen LogP contribution in [0.2, 0.25) is 0 Å². The summed E-state index contributed by atoms with van der Waals surface area (Å²) in [6.07, 6.45) is 0.357. The minimum atomic E-state index is -0.546. The molecule has 0 saturated heterocycles. The standard InChI is InChI=1S/C11H12BrFOS/c1-2-10-11(14)7-3-6(13)4-9(12)8(7)5-15-10/h3-4,10-11,14H,2,5H2,1H3. The minimum Gasteiger partial charge on any atom is -0.387 e. The molecule has 0 aromatic heterocycles. The van der Waals surface area contributed by atoms with Crippen molar-refractivity contribution in [2.75, 3.05) is 0 Å². The lowest BCUT2D eigenvalue weighted by atomic mass is 9.99. The van der Waals surface area contributed by atoms with Crippen LogP contribution in [0.4, 0.5) is 4.39 Å². The zero-order chi connectivity index (χ0) is 11.0. The van der Waals surface area contributed by atoms with Gasteiger partial charge in [0.05, 0.1) is 6.10 Å². The third-order valence-electron chi connectivity index (χ3n) is 2.71. The molecule has 1 nitrogen and oxygen atoms in total. The van der Waals surface area contributed by atoms with Crippen molar-refractivity contribution < 1.29 is 9.50 Å². The van der Waals surface area contributed by atoms with E-state index in [0.29, 0.717) is 0 Å². The highest BCUT2D eigenvalue weighted by Crippen LogP contribution is 2.42. The summed E-state index contributed by atoms with van der Waals surface area (Å²) in [7, 11) is 0. The zero-order valence-electron chi connectivity index (χ0n) is 8.34. The summed E-state index contributed by atoms with van der Waals surface area (Å²) in [6.45, 7) is 2.04. The lowest BCUT2D eigenvalue weighted by Crippen LogP contribution is -2.21. The van der Waals surface area contributed by atoms with Crippen LogP contribution in [0.25, 0.3) is 0 Å². The summed E-state index contributed by atoms with van der Waals surface area (Å²) in [5, 5.41) is 10.2. The highest BCUT2D eigenvalue weighted by molar-refractivity contribution is 9.10. The average Bonchev–Trinajstić information content (AvgIpc) is 2.19. The maximum atomic E-state index is 13.2. The van der Waals surface area contributed by atoms with Gasteiger partial charge in [0.25, 0.3) is 0 Å². The Labute approximate surface area is 101 Å². The third kappa shape index (κ3) is 2.08. The molecular weight excluding hydrogens is 279 g/mol. The van der Waals surface area contributed by atoms with Crippen LogP contribution in [0.5, 0.6) is 0 Å². The van der Waals surface area contributed by atoms with Crippen molar-refractivity contribution in [3.63, 3.8) is 0 Å². The molecule has 4 heteroatoms. The van der Waals surface area contributed by atoms with E-state index in [1.54, 1.807) is 11.8 Å². The van der Waals surface area contributed by atoms with Crippen LogP contribution in [0.3, 0.4) is 0 Å².